The maximum atomic E-state index is 12.6. The van der Waals surface area contributed by atoms with E-state index < -0.39 is 12.1 Å². The summed E-state index contributed by atoms with van der Waals surface area (Å²) in [6.07, 6.45) is -0.822. The fraction of sp³-hybridized carbons (Fsp3) is 0.125. The first-order chi connectivity index (χ1) is 10.6. The van der Waals surface area contributed by atoms with Crippen molar-refractivity contribution in [2.75, 3.05) is 6.54 Å². The maximum absolute atomic E-state index is 12.6. The van der Waals surface area contributed by atoms with Crippen LogP contribution in [-0.2, 0) is 4.79 Å². The van der Waals surface area contributed by atoms with Crippen LogP contribution in [-0.4, -0.2) is 33.5 Å². The van der Waals surface area contributed by atoms with E-state index in [1.54, 1.807) is 42.5 Å². The van der Waals surface area contributed by atoms with Gasteiger partial charge in [-0.1, -0.05) is 46.3 Å². The van der Waals surface area contributed by atoms with Crippen LogP contribution in [0.3, 0.4) is 0 Å². The second-order valence-corrected chi connectivity index (χ2v) is 5.88. The van der Waals surface area contributed by atoms with E-state index in [9.17, 15) is 14.8 Å². The fourth-order valence-electron chi connectivity index (χ4n) is 2.49. The minimum atomic E-state index is -0.822. The molecule has 1 saturated heterocycles. The van der Waals surface area contributed by atoms with E-state index in [-0.39, 0.29) is 12.5 Å². The van der Waals surface area contributed by atoms with Crippen molar-refractivity contribution >= 4 is 27.7 Å². The van der Waals surface area contributed by atoms with Gasteiger partial charge in [-0.3, -0.25) is 14.8 Å². The summed E-state index contributed by atoms with van der Waals surface area (Å²) >= 11 is 3.36. The van der Waals surface area contributed by atoms with Crippen LogP contribution < -0.4 is 0 Å². The van der Waals surface area contributed by atoms with Gasteiger partial charge >= 0.3 is 0 Å². The summed E-state index contributed by atoms with van der Waals surface area (Å²) in [6, 6.07) is 15.9. The zero-order valence-electron chi connectivity index (χ0n) is 11.5. The number of amides is 2. The van der Waals surface area contributed by atoms with E-state index in [1.165, 1.54) is 4.90 Å². The quantitative estimate of drug-likeness (QED) is 0.837. The number of halogens is 1. The number of nitrogens with zero attached hydrogens (tertiary/aromatic N) is 2. The molecule has 112 valence electrons. The van der Waals surface area contributed by atoms with Crippen molar-refractivity contribution in [3.05, 3.63) is 70.2 Å². The van der Waals surface area contributed by atoms with Crippen molar-refractivity contribution in [1.82, 2.24) is 9.96 Å². The molecule has 1 fully saturated rings. The molecule has 0 radical (unpaired) electrons. The van der Waals surface area contributed by atoms with Crippen LogP contribution in [0.15, 0.2) is 59.1 Å². The number of carbonyl (C=O) groups excluding carboxylic acids is 2. The highest BCUT2D eigenvalue weighted by Crippen LogP contribution is 2.31. The Bertz CT molecular complexity index is 720. The number of benzene rings is 2. The second kappa shape index (κ2) is 5.90. The van der Waals surface area contributed by atoms with Crippen LogP contribution in [0.5, 0.6) is 0 Å². The molecule has 6 heteroatoms. The molecule has 0 aromatic heterocycles. The van der Waals surface area contributed by atoms with Crippen LogP contribution >= 0.6 is 15.9 Å². The predicted molar refractivity (Wildman–Crippen MR) is 83.0 cm³/mol. The average molecular weight is 361 g/mol. The molecule has 1 unspecified atom stereocenters. The fourth-order valence-corrected chi connectivity index (χ4v) is 2.91. The first kappa shape index (κ1) is 14.7. The highest BCUT2D eigenvalue weighted by atomic mass is 79.9. The molecule has 2 aromatic carbocycles. The molecule has 1 aliphatic rings. The third-order valence-corrected chi connectivity index (χ3v) is 4.01. The molecule has 1 N–H and O–H groups in total. The normalized spacial score (nSPS) is 17.9. The van der Waals surface area contributed by atoms with E-state index in [0.717, 1.165) is 4.47 Å². The number of hydrogen-bond donors (Lipinski definition) is 1. The van der Waals surface area contributed by atoms with Gasteiger partial charge in [-0.15, -0.1) is 0 Å². The van der Waals surface area contributed by atoms with Crippen LogP contribution in [0.2, 0.25) is 0 Å². The number of hydroxylamine groups is 2. The Kier molecular flexibility index (Phi) is 3.96. The molecule has 1 atom stereocenters. The van der Waals surface area contributed by atoms with Crippen molar-refractivity contribution < 1.29 is 14.8 Å². The van der Waals surface area contributed by atoms with Crippen LogP contribution in [0.1, 0.15) is 22.1 Å². The van der Waals surface area contributed by atoms with E-state index in [4.69, 9.17) is 0 Å². The summed E-state index contributed by atoms with van der Waals surface area (Å²) in [5, 5.41) is 10.7. The van der Waals surface area contributed by atoms with Gasteiger partial charge < -0.3 is 4.90 Å². The standard InChI is InChI=1S/C16H13BrN2O3/c17-13-8-4-7-12(9-13)15-18(10-14(20)19(15)22)16(21)11-5-2-1-3-6-11/h1-9,15,22H,10H2. The number of hydrogen-bond acceptors (Lipinski definition) is 3. The molecule has 2 amide bonds. The minimum Gasteiger partial charge on any atom is -0.302 e. The van der Waals surface area contributed by atoms with Gasteiger partial charge in [-0.05, 0) is 29.8 Å². The largest absolute Gasteiger partial charge is 0.302 e. The summed E-state index contributed by atoms with van der Waals surface area (Å²) in [7, 11) is 0. The summed E-state index contributed by atoms with van der Waals surface area (Å²) in [4.78, 5) is 25.9. The Morgan fingerprint density at radius 2 is 1.86 bits per heavy atom. The van der Waals surface area contributed by atoms with Gasteiger partial charge in [0.25, 0.3) is 11.8 Å². The van der Waals surface area contributed by atoms with Crippen molar-refractivity contribution in [2.45, 2.75) is 6.17 Å². The smallest absolute Gasteiger partial charge is 0.267 e. The van der Waals surface area contributed by atoms with Crippen LogP contribution in [0, 0.1) is 0 Å². The Hall–Kier alpha value is -2.18. The number of rotatable bonds is 2. The highest BCUT2D eigenvalue weighted by Gasteiger charge is 2.41. The maximum Gasteiger partial charge on any atom is 0.267 e. The zero-order chi connectivity index (χ0) is 15.7. The zero-order valence-corrected chi connectivity index (χ0v) is 13.1. The Labute approximate surface area is 135 Å². The second-order valence-electron chi connectivity index (χ2n) is 4.97. The van der Waals surface area contributed by atoms with Crippen molar-refractivity contribution in [3.63, 3.8) is 0 Å². The Balaban J connectivity index is 1.99. The Morgan fingerprint density at radius 1 is 1.14 bits per heavy atom. The van der Waals surface area contributed by atoms with Gasteiger partial charge in [-0.2, -0.15) is 5.06 Å². The van der Waals surface area contributed by atoms with Crippen molar-refractivity contribution in [3.8, 4) is 0 Å². The van der Waals surface area contributed by atoms with Gasteiger partial charge in [-0.25, -0.2) is 0 Å². The molecular formula is C16H13BrN2O3. The lowest BCUT2D eigenvalue weighted by molar-refractivity contribution is -0.168. The van der Waals surface area contributed by atoms with E-state index >= 15 is 0 Å². The summed E-state index contributed by atoms with van der Waals surface area (Å²) in [5.74, 6) is -0.801. The Morgan fingerprint density at radius 3 is 2.55 bits per heavy atom. The van der Waals surface area contributed by atoms with E-state index in [0.29, 0.717) is 16.2 Å². The third kappa shape index (κ3) is 2.63. The molecule has 0 spiro atoms. The lowest BCUT2D eigenvalue weighted by Crippen LogP contribution is -2.34. The molecule has 0 aliphatic carbocycles. The molecule has 3 rings (SSSR count). The summed E-state index contributed by atoms with van der Waals surface area (Å²) in [5.41, 5.74) is 1.14. The molecule has 2 aromatic rings. The van der Waals surface area contributed by atoms with E-state index in [2.05, 4.69) is 15.9 Å². The molecule has 22 heavy (non-hydrogen) atoms. The topological polar surface area (TPSA) is 60.9 Å². The van der Waals surface area contributed by atoms with Gasteiger partial charge in [0.05, 0.1) is 0 Å². The van der Waals surface area contributed by atoms with Crippen molar-refractivity contribution in [2.24, 2.45) is 0 Å². The minimum absolute atomic E-state index is 0.151. The molecular weight excluding hydrogens is 348 g/mol. The van der Waals surface area contributed by atoms with Gasteiger partial charge in [0.1, 0.15) is 6.54 Å². The van der Waals surface area contributed by atoms with Crippen molar-refractivity contribution in [1.29, 1.82) is 0 Å². The van der Waals surface area contributed by atoms with Gasteiger partial charge in [0, 0.05) is 10.0 Å². The molecule has 1 heterocycles. The lowest BCUT2D eigenvalue weighted by Gasteiger charge is -2.26. The van der Waals surface area contributed by atoms with Crippen LogP contribution in [0.4, 0.5) is 0 Å². The molecule has 0 saturated carbocycles. The average Bonchev–Trinajstić information content (AvgIpc) is 2.83. The predicted octanol–water partition coefficient (Wildman–Crippen LogP) is 2.82. The third-order valence-electron chi connectivity index (χ3n) is 3.52. The highest BCUT2D eigenvalue weighted by molar-refractivity contribution is 9.10. The first-order valence-electron chi connectivity index (χ1n) is 6.70. The first-order valence-corrected chi connectivity index (χ1v) is 7.49. The number of carbonyl (C=O) groups is 2. The van der Waals surface area contributed by atoms with E-state index in [1.807, 2.05) is 12.1 Å². The van der Waals surface area contributed by atoms with Gasteiger partial charge in [0.15, 0.2) is 6.17 Å². The summed E-state index contributed by atoms with van der Waals surface area (Å²) in [6.45, 7) is -0.151. The SMILES string of the molecule is O=C1CN(C(=O)c2ccccc2)C(c2cccc(Br)c2)N1O. The van der Waals surface area contributed by atoms with Crippen LogP contribution in [0.25, 0.3) is 0 Å². The molecule has 5 nitrogen and oxygen atoms in total. The molecule has 1 aliphatic heterocycles. The molecule has 0 bridgehead atoms. The van der Waals surface area contributed by atoms with Gasteiger partial charge in [0.2, 0.25) is 0 Å². The summed E-state index contributed by atoms with van der Waals surface area (Å²) < 4.78 is 0.810. The lowest BCUT2D eigenvalue weighted by atomic mass is 10.1. The monoisotopic (exact) mass is 360 g/mol.